The number of nitrogens with one attached hydrogen (secondary N) is 1. The predicted molar refractivity (Wildman–Crippen MR) is 103 cm³/mol. The Balaban J connectivity index is 1.36. The SMILES string of the molecule is CN(CCc1ccncc1)C(=O)c1cnc(Nc2ccc3c(c2)OCO3)cn1. The molecule has 1 aliphatic rings. The van der Waals surface area contributed by atoms with Gasteiger partial charge in [0.05, 0.1) is 12.4 Å². The summed E-state index contributed by atoms with van der Waals surface area (Å²) in [5, 5.41) is 3.14. The molecule has 3 heterocycles. The minimum absolute atomic E-state index is 0.170. The number of carbonyl (C=O) groups is 1. The van der Waals surface area contributed by atoms with Gasteiger partial charge in [0.2, 0.25) is 6.79 Å². The van der Waals surface area contributed by atoms with Crippen molar-refractivity contribution in [1.29, 1.82) is 0 Å². The van der Waals surface area contributed by atoms with Gasteiger partial charge in [0.15, 0.2) is 11.5 Å². The zero-order valence-electron chi connectivity index (χ0n) is 15.3. The van der Waals surface area contributed by atoms with E-state index in [1.54, 1.807) is 24.3 Å². The standard InChI is InChI=1S/C20H19N5O3/c1-25(9-6-14-4-7-21-8-5-14)20(26)16-11-23-19(12-22-16)24-15-2-3-17-18(10-15)28-13-27-17/h2-5,7-8,10-12H,6,9,13H2,1H3,(H,23,24). The van der Waals surface area contributed by atoms with Crippen molar-refractivity contribution in [3.63, 3.8) is 0 Å². The van der Waals surface area contributed by atoms with E-state index >= 15 is 0 Å². The largest absolute Gasteiger partial charge is 0.454 e. The highest BCUT2D eigenvalue weighted by atomic mass is 16.7. The van der Waals surface area contributed by atoms with Gasteiger partial charge in [0.25, 0.3) is 5.91 Å². The molecule has 0 fully saturated rings. The minimum Gasteiger partial charge on any atom is -0.454 e. The predicted octanol–water partition coefficient (Wildman–Crippen LogP) is 2.66. The number of anilines is 2. The fraction of sp³-hybridized carbons (Fsp3) is 0.200. The van der Waals surface area contributed by atoms with Gasteiger partial charge < -0.3 is 19.7 Å². The van der Waals surface area contributed by atoms with Crippen molar-refractivity contribution in [2.75, 3.05) is 25.7 Å². The lowest BCUT2D eigenvalue weighted by atomic mass is 10.2. The fourth-order valence-electron chi connectivity index (χ4n) is 2.77. The number of likely N-dealkylation sites (N-methyl/N-ethyl adjacent to an activating group) is 1. The third-order valence-electron chi connectivity index (χ3n) is 4.35. The molecule has 0 radical (unpaired) electrons. The number of amides is 1. The van der Waals surface area contributed by atoms with Crippen LogP contribution in [-0.4, -0.2) is 46.1 Å². The van der Waals surface area contributed by atoms with Crippen LogP contribution in [0.2, 0.25) is 0 Å². The van der Waals surface area contributed by atoms with E-state index in [4.69, 9.17) is 9.47 Å². The molecular weight excluding hydrogens is 358 g/mol. The Morgan fingerprint density at radius 1 is 1.11 bits per heavy atom. The molecule has 4 rings (SSSR count). The van der Waals surface area contributed by atoms with Crippen LogP contribution in [0.15, 0.2) is 55.1 Å². The van der Waals surface area contributed by atoms with E-state index in [0.29, 0.717) is 29.6 Å². The Morgan fingerprint density at radius 3 is 2.71 bits per heavy atom. The van der Waals surface area contributed by atoms with Crippen molar-refractivity contribution in [3.05, 3.63) is 66.4 Å². The molecule has 0 saturated carbocycles. The zero-order chi connectivity index (χ0) is 19.3. The molecule has 8 nitrogen and oxygen atoms in total. The first-order valence-electron chi connectivity index (χ1n) is 8.82. The minimum atomic E-state index is -0.170. The zero-order valence-corrected chi connectivity index (χ0v) is 15.3. The Kier molecular flexibility index (Phi) is 5.01. The van der Waals surface area contributed by atoms with Crippen molar-refractivity contribution >= 4 is 17.4 Å². The van der Waals surface area contributed by atoms with Crippen LogP contribution >= 0.6 is 0 Å². The number of nitrogens with zero attached hydrogens (tertiary/aromatic N) is 4. The maximum atomic E-state index is 12.5. The number of hydrogen-bond donors (Lipinski definition) is 1. The molecule has 8 heteroatoms. The number of hydrogen-bond acceptors (Lipinski definition) is 7. The average molecular weight is 377 g/mol. The molecule has 1 amide bonds. The Bertz CT molecular complexity index is 963. The molecule has 2 aromatic heterocycles. The normalized spacial score (nSPS) is 11.9. The topological polar surface area (TPSA) is 89.5 Å². The van der Waals surface area contributed by atoms with Gasteiger partial charge in [0, 0.05) is 37.7 Å². The molecule has 1 aromatic carbocycles. The first-order valence-corrected chi connectivity index (χ1v) is 8.82. The van der Waals surface area contributed by atoms with Crippen LogP contribution in [-0.2, 0) is 6.42 Å². The summed E-state index contributed by atoms with van der Waals surface area (Å²) in [4.78, 5) is 26.7. The summed E-state index contributed by atoms with van der Waals surface area (Å²) in [6.07, 6.45) is 7.25. The molecule has 0 saturated heterocycles. The number of ether oxygens (including phenoxy) is 2. The van der Waals surface area contributed by atoms with Gasteiger partial charge in [-0.3, -0.25) is 9.78 Å². The van der Waals surface area contributed by atoms with Crippen LogP contribution in [0.4, 0.5) is 11.5 Å². The summed E-state index contributed by atoms with van der Waals surface area (Å²) in [6, 6.07) is 9.40. The highest BCUT2D eigenvalue weighted by molar-refractivity contribution is 5.91. The van der Waals surface area contributed by atoms with Gasteiger partial charge in [-0.25, -0.2) is 9.97 Å². The van der Waals surface area contributed by atoms with E-state index < -0.39 is 0 Å². The lowest BCUT2D eigenvalue weighted by Crippen LogP contribution is -2.29. The van der Waals surface area contributed by atoms with Crippen molar-refractivity contribution < 1.29 is 14.3 Å². The Labute approximate surface area is 162 Å². The maximum Gasteiger partial charge on any atom is 0.273 e. The number of carbonyl (C=O) groups excluding carboxylic acids is 1. The van der Waals surface area contributed by atoms with E-state index in [0.717, 1.165) is 17.7 Å². The van der Waals surface area contributed by atoms with Crippen molar-refractivity contribution in [1.82, 2.24) is 19.9 Å². The third-order valence-corrected chi connectivity index (χ3v) is 4.35. The van der Waals surface area contributed by atoms with Gasteiger partial charge in [-0.2, -0.15) is 0 Å². The fourth-order valence-corrected chi connectivity index (χ4v) is 2.77. The first-order chi connectivity index (χ1) is 13.7. The summed E-state index contributed by atoms with van der Waals surface area (Å²) in [5.41, 5.74) is 2.23. The lowest BCUT2D eigenvalue weighted by molar-refractivity contribution is 0.0790. The second kappa shape index (κ2) is 7.91. The molecule has 0 unspecified atom stereocenters. The Morgan fingerprint density at radius 2 is 1.93 bits per heavy atom. The summed E-state index contributed by atoms with van der Waals surface area (Å²) < 4.78 is 10.6. The van der Waals surface area contributed by atoms with Crippen LogP contribution in [0.5, 0.6) is 11.5 Å². The van der Waals surface area contributed by atoms with Gasteiger partial charge >= 0.3 is 0 Å². The molecule has 0 bridgehead atoms. The van der Waals surface area contributed by atoms with Gasteiger partial charge in [-0.05, 0) is 36.2 Å². The van der Waals surface area contributed by atoms with Crippen LogP contribution < -0.4 is 14.8 Å². The molecule has 3 aromatic rings. The number of aromatic nitrogens is 3. The smallest absolute Gasteiger partial charge is 0.273 e. The van der Waals surface area contributed by atoms with E-state index in [1.165, 1.54) is 12.4 Å². The highest BCUT2D eigenvalue weighted by Gasteiger charge is 2.15. The van der Waals surface area contributed by atoms with Gasteiger partial charge in [-0.1, -0.05) is 0 Å². The van der Waals surface area contributed by atoms with Crippen molar-refractivity contribution in [2.24, 2.45) is 0 Å². The van der Waals surface area contributed by atoms with Crippen LogP contribution in [0, 0.1) is 0 Å². The van der Waals surface area contributed by atoms with E-state index in [1.807, 2.05) is 30.3 Å². The summed E-state index contributed by atoms with van der Waals surface area (Å²) in [7, 11) is 1.75. The van der Waals surface area contributed by atoms with Crippen LogP contribution in [0.3, 0.4) is 0 Å². The lowest BCUT2D eigenvalue weighted by Gasteiger charge is -2.16. The molecular formula is C20H19N5O3. The van der Waals surface area contributed by atoms with Gasteiger partial charge in [-0.15, -0.1) is 0 Å². The summed E-state index contributed by atoms with van der Waals surface area (Å²) >= 11 is 0. The molecule has 0 spiro atoms. The molecule has 0 aliphatic carbocycles. The monoisotopic (exact) mass is 377 g/mol. The van der Waals surface area contributed by atoms with Crippen LogP contribution in [0.1, 0.15) is 16.1 Å². The van der Waals surface area contributed by atoms with E-state index in [-0.39, 0.29) is 12.7 Å². The molecule has 142 valence electrons. The van der Waals surface area contributed by atoms with Crippen molar-refractivity contribution in [2.45, 2.75) is 6.42 Å². The second-order valence-electron chi connectivity index (χ2n) is 6.31. The summed E-state index contributed by atoms with van der Waals surface area (Å²) in [5.74, 6) is 1.76. The number of fused-ring (bicyclic) bond motifs is 1. The number of benzene rings is 1. The first kappa shape index (κ1) is 17.7. The average Bonchev–Trinajstić information content (AvgIpc) is 3.21. The number of pyridine rings is 1. The second-order valence-corrected chi connectivity index (χ2v) is 6.31. The molecule has 1 N–H and O–H groups in total. The van der Waals surface area contributed by atoms with Crippen LogP contribution in [0.25, 0.3) is 0 Å². The highest BCUT2D eigenvalue weighted by Crippen LogP contribution is 2.34. The summed E-state index contributed by atoms with van der Waals surface area (Å²) in [6.45, 7) is 0.811. The number of rotatable bonds is 6. The van der Waals surface area contributed by atoms with E-state index in [9.17, 15) is 4.79 Å². The van der Waals surface area contributed by atoms with Gasteiger partial charge in [0.1, 0.15) is 11.5 Å². The molecule has 28 heavy (non-hydrogen) atoms. The molecule has 1 aliphatic heterocycles. The van der Waals surface area contributed by atoms with E-state index in [2.05, 4.69) is 20.3 Å². The van der Waals surface area contributed by atoms with Crippen molar-refractivity contribution in [3.8, 4) is 11.5 Å². The quantitative estimate of drug-likeness (QED) is 0.706. The maximum absolute atomic E-state index is 12.5. The third kappa shape index (κ3) is 4.01. The Hall–Kier alpha value is -3.68. The molecule has 0 atom stereocenters.